The second-order valence-corrected chi connectivity index (χ2v) is 21.6. The Hall–Kier alpha value is -4.19. The highest BCUT2D eigenvalue weighted by Gasteiger charge is 2.19. The lowest BCUT2D eigenvalue weighted by Gasteiger charge is -2.18. The number of rotatable bonds is 59. The molecule has 0 saturated heterocycles. The Bertz CT molecular complexity index is 1640. The average molecular weight is 1100 g/mol. The highest BCUT2D eigenvalue weighted by molar-refractivity contribution is 5.72. The molecule has 0 aliphatic rings. The van der Waals surface area contributed by atoms with Gasteiger partial charge >= 0.3 is 17.9 Å². The molecule has 0 N–H and O–H groups in total. The standard InChI is InChI=1S/C73H122O6/c1-4-7-10-13-16-19-22-25-28-30-32-33-34-35-36-37-38-39-41-42-45-48-51-54-57-60-63-66-72(75)78-69-70(68-77-71(74)65-62-59-56-53-50-47-44-27-24-21-18-15-12-9-6-3)79-73(76)67-64-61-58-55-52-49-46-43-40-31-29-26-23-20-17-14-11-8-5-2/h8-9,11-12,17-18,20-21,26-27,29-30,32,40,43-44,50,53,59,62,70H,4-7,10,13-16,19,22-25,28,31,33-39,41-42,45-49,51-52,54-58,60-61,63-69H2,1-3H3/b11-8-,12-9-,20-17-,21-18-,29-26-,32-30-,43-40-,44-27-,53-50-,62-59-. The molecular weight excluding hydrogens is 973 g/mol. The first-order valence-electron chi connectivity index (χ1n) is 33.0. The van der Waals surface area contributed by atoms with Crippen LogP contribution in [0.25, 0.3) is 0 Å². The number of allylic oxidation sites excluding steroid dienone is 19. The van der Waals surface area contributed by atoms with Crippen molar-refractivity contribution in [3.63, 3.8) is 0 Å². The van der Waals surface area contributed by atoms with Crippen molar-refractivity contribution < 1.29 is 28.6 Å². The molecule has 0 rings (SSSR count). The van der Waals surface area contributed by atoms with Gasteiger partial charge in [-0.15, -0.1) is 0 Å². The number of esters is 3. The van der Waals surface area contributed by atoms with E-state index in [2.05, 4.69) is 130 Å². The van der Waals surface area contributed by atoms with E-state index in [1.54, 1.807) is 6.08 Å². The Morgan fingerprint density at radius 1 is 0.278 bits per heavy atom. The molecule has 1 atom stereocenters. The van der Waals surface area contributed by atoms with Crippen molar-refractivity contribution in [2.24, 2.45) is 0 Å². The van der Waals surface area contributed by atoms with E-state index in [1.807, 2.05) is 6.08 Å². The fourth-order valence-corrected chi connectivity index (χ4v) is 9.09. The van der Waals surface area contributed by atoms with Crippen LogP contribution >= 0.6 is 0 Å². The summed E-state index contributed by atoms with van der Waals surface area (Å²) in [5.41, 5.74) is 0. The molecule has 0 heterocycles. The van der Waals surface area contributed by atoms with Gasteiger partial charge in [0.15, 0.2) is 6.10 Å². The lowest BCUT2D eigenvalue weighted by atomic mass is 10.0. The monoisotopic (exact) mass is 1090 g/mol. The van der Waals surface area contributed by atoms with Gasteiger partial charge in [0.1, 0.15) is 13.2 Å². The molecule has 0 saturated carbocycles. The van der Waals surface area contributed by atoms with Gasteiger partial charge in [0, 0.05) is 12.8 Å². The summed E-state index contributed by atoms with van der Waals surface area (Å²) < 4.78 is 16.8. The molecule has 0 spiro atoms. The van der Waals surface area contributed by atoms with Crippen LogP contribution in [0.4, 0.5) is 0 Å². The van der Waals surface area contributed by atoms with Crippen molar-refractivity contribution in [3.8, 4) is 0 Å². The minimum Gasteiger partial charge on any atom is -0.462 e. The van der Waals surface area contributed by atoms with E-state index in [-0.39, 0.29) is 31.6 Å². The van der Waals surface area contributed by atoms with Crippen molar-refractivity contribution >= 4 is 17.9 Å². The normalized spacial score (nSPS) is 12.9. The van der Waals surface area contributed by atoms with Crippen LogP contribution in [0.2, 0.25) is 0 Å². The summed E-state index contributed by atoms with van der Waals surface area (Å²) in [6.07, 6.45) is 92.5. The predicted octanol–water partition coefficient (Wildman–Crippen LogP) is 22.8. The minimum absolute atomic E-state index is 0.115. The second kappa shape index (κ2) is 66.3. The maximum absolute atomic E-state index is 12.9. The summed E-state index contributed by atoms with van der Waals surface area (Å²) in [5.74, 6) is -1.06. The third-order valence-corrected chi connectivity index (χ3v) is 14.0. The largest absolute Gasteiger partial charge is 0.462 e. The van der Waals surface area contributed by atoms with E-state index in [0.29, 0.717) is 12.8 Å². The molecule has 0 radical (unpaired) electrons. The van der Waals surface area contributed by atoms with E-state index < -0.39 is 12.1 Å². The van der Waals surface area contributed by atoms with E-state index in [9.17, 15) is 14.4 Å². The zero-order valence-corrected chi connectivity index (χ0v) is 51.6. The average Bonchev–Trinajstić information content (AvgIpc) is 3.45. The summed E-state index contributed by atoms with van der Waals surface area (Å²) in [6, 6.07) is 0. The Labute approximate surface area is 488 Å². The third-order valence-electron chi connectivity index (χ3n) is 14.0. The van der Waals surface area contributed by atoms with Gasteiger partial charge in [-0.1, -0.05) is 296 Å². The highest BCUT2D eigenvalue weighted by atomic mass is 16.6. The molecule has 0 amide bonds. The second-order valence-electron chi connectivity index (χ2n) is 21.6. The Balaban J connectivity index is 4.38. The van der Waals surface area contributed by atoms with Crippen LogP contribution in [0, 0.1) is 0 Å². The van der Waals surface area contributed by atoms with Gasteiger partial charge in [0.2, 0.25) is 0 Å². The third kappa shape index (κ3) is 64.5. The van der Waals surface area contributed by atoms with Crippen LogP contribution in [0.5, 0.6) is 0 Å². The molecule has 0 aromatic carbocycles. The van der Waals surface area contributed by atoms with Crippen LogP contribution in [-0.2, 0) is 28.6 Å². The summed E-state index contributed by atoms with van der Waals surface area (Å²) >= 11 is 0. The van der Waals surface area contributed by atoms with E-state index in [1.165, 1.54) is 154 Å². The fraction of sp³-hybridized carbons (Fsp3) is 0.685. The first kappa shape index (κ1) is 74.8. The predicted molar refractivity (Wildman–Crippen MR) is 343 cm³/mol. The van der Waals surface area contributed by atoms with E-state index in [0.717, 1.165) is 109 Å². The molecule has 0 aromatic heterocycles. The topological polar surface area (TPSA) is 78.9 Å². The molecule has 79 heavy (non-hydrogen) atoms. The number of unbranched alkanes of at least 4 members (excludes halogenated alkanes) is 29. The van der Waals surface area contributed by atoms with Gasteiger partial charge in [0.25, 0.3) is 0 Å². The summed E-state index contributed by atoms with van der Waals surface area (Å²) in [6.45, 7) is 6.33. The number of hydrogen-bond acceptors (Lipinski definition) is 6. The summed E-state index contributed by atoms with van der Waals surface area (Å²) in [5, 5.41) is 0. The van der Waals surface area contributed by atoms with Crippen LogP contribution in [0.1, 0.15) is 303 Å². The fourth-order valence-electron chi connectivity index (χ4n) is 9.09. The van der Waals surface area contributed by atoms with Crippen molar-refractivity contribution in [2.75, 3.05) is 13.2 Å². The quantitative estimate of drug-likeness (QED) is 0.0261. The van der Waals surface area contributed by atoms with Gasteiger partial charge in [-0.3, -0.25) is 14.4 Å². The molecule has 0 aromatic rings. The zero-order chi connectivity index (χ0) is 57.1. The van der Waals surface area contributed by atoms with Gasteiger partial charge in [-0.25, -0.2) is 0 Å². The summed E-state index contributed by atoms with van der Waals surface area (Å²) in [7, 11) is 0. The highest BCUT2D eigenvalue weighted by Crippen LogP contribution is 2.16. The smallest absolute Gasteiger partial charge is 0.309 e. The molecule has 0 aliphatic carbocycles. The lowest BCUT2D eigenvalue weighted by Crippen LogP contribution is -2.30. The number of carbonyl (C=O) groups excluding carboxylic acids is 3. The van der Waals surface area contributed by atoms with Gasteiger partial charge in [0.05, 0.1) is 6.42 Å². The SMILES string of the molecule is CC/C=C\C/C=C\C/C=C\C/C=C\C/C=C\CC(=O)OCC(COC(=O)CCCCCCCCCCCCCCCCC/C=C\CCCCCCCCCC)OC(=O)CCCCCCCC/C=C\C/C=C\C/C=C\C/C=C\CC. The van der Waals surface area contributed by atoms with Gasteiger partial charge in [-0.2, -0.15) is 0 Å². The van der Waals surface area contributed by atoms with Crippen LogP contribution in [0.15, 0.2) is 122 Å². The molecule has 6 nitrogen and oxygen atoms in total. The minimum atomic E-state index is -0.830. The Morgan fingerprint density at radius 3 is 0.899 bits per heavy atom. The Morgan fingerprint density at radius 2 is 0.544 bits per heavy atom. The molecule has 0 bridgehead atoms. The van der Waals surface area contributed by atoms with Crippen LogP contribution in [-0.4, -0.2) is 37.2 Å². The number of ether oxygens (including phenoxy) is 3. The number of hydrogen-bond donors (Lipinski definition) is 0. The maximum Gasteiger partial charge on any atom is 0.309 e. The van der Waals surface area contributed by atoms with Gasteiger partial charge in [-0.05, 0) is 109 Å². The Kier molecular flexibility index (Phi) is 62.8. The number of carbonyl (C=O) groups is 3. The molecular formula is C73H122O6. The molecule has 0 fully saturated rings. The van der Waals surface area contributed by atoms with Crippen molar-refractivity contribution in [1.29, 1.82) is 0 Å². The van der Waals surface area contributed by atoms with Gasteiger partial charge < -0.3 is 14.2 Å². The van der Waals surface area contributed by atoms with Crippen molar-refractivity contribution in [2.45, 2.75) is 309 Å². The van der Waals surface area contributed by atoms with E-state index in [4.69, 9.17) is 14.2 Å². The first-order valence-corrected chi connectivity index (χ1v) is 33.0. The molecule has 6 heteroatoms. The molecule has 450 valence electrons. The molecule has 0 aliphatic heterocycles. The van der Waals surface area contributed by atoms with Crippen LogP contribution < -0.4 is 0 Å². The molecule has 1 unspecified atom stereocenters. The zero-order valence-electron chi connectivity index (χ0n) is 51.6. The van der Waals surface area contributed by atoms with Crippen molar-refractivity contribution in [1.82, 2.24) is 0 Å². The first-order chi connectivity index (χ1) is 39.0. The van der Waals surface area contributed by atoms with Crippen molar-refractivity contribution in [3.05, 3.63) is 122 Å². The maximum atomic E-state index is 12.9. The van der Waals surface area contributed by atoms with E-state index >= 15 is 0 Å². The lowest BCUT2D eigenvalue weighted by molar-refractivity contribution is -0.166. The summed E-state index contributed by atoms with van der Waals surface area (Å²) in [4.78, 5) is 38.3. The van der Waals surface area contributed by atoms with Crippen LogP contribution in [0.3, 0.4) is 0 Å².